The fraction of sp³-hybridized carbons (Fsp3) is 0.864. The molecule has 1 aromatic heterocycles. The monoisotopic (exact) mass is 408 g/mol. The van der Waals surface area contributed by atoms with Crippen LogP contribution in [0.25, 0.3) is 0 Å². The largest absolute Gasteiger partial charge is 0.393 e. The van der Waals surface area contributed by atoms with E-state index in [1.54, 1.807) is 11.3 Å². The van der Waals surface area contributed by atoms with Gasteiger partial charge in [-0.3, -0.25) is 4.84 Å². The number of nitrogens with zero attached hydrogens (tertiary/aromatic N) is 1. The highest BCUT2D eigenvalue weighted by Crippen LogP contribution is 2.69. The van der Waals surface area contributed by atoms with Crippen molar-refractivity contribution in [1.29, 1.82) is 0 Å². The van der Waals surface area contributed by atoms with Crippen molar-refractivity contribution in [3.8, 4) is 0 Å². The van der Waals surface area contributed by atoms with Gasteiger partial charge in [0.2, 0.25) is 0 Å². The van der Waals surface area contributed by atoms with Crippen molar-refractivity contribution in [2.75, 3.05) is 4.84 Å². The van der Waals surface area contributed by atoms with E-state index in [1.807, 2.05) is 0 Å². The summed E-state index contributed by atoms with van der Waals surface area (Å²) in [5.74, 6) is 3.95. The molecule has 2 N–H and O–H groups in total. The van der Waals surface area contributed by atoms with Crippen LogP contribution in [0, 0.1) is 34.5 Å². The molecule has 4 aliphatic carbocycles. The zero-order chi connectivity index (χ0) is 18.8. The van der Waals surface area contributed by atoms with Gasteiger partial charge in [0.15, 0.2) is 5.13 Å². The quantitative estimate of drug-likeness (QED) is 0.573. The van der Waals surface area contributed by atoms with Crippen LogP contribution in [0.15, 0.2) is 5.38 Å². The average molecular weight is 409 g/mol. The van der Waals surface area contributed by atoms with E-state index in [2.05, 4.69) is 24.1 Å². The van der Waals surface area contributed by atoms with Crippen molar-refractivity contribution < 1.29 is 5.11 Å². The molecule has 8 atom stereocenters. The first-order chi connectivity index (χ1) is 13.0. The number of aliphatic hydroxyl groups excluding tert-OH is 1. The van der Waals surface area contributed by atoms with Crippen molar-refractivity contribution in [2.45, 2.75) is 83.7 Å². The van der Waals surface area contributed by atoms with E-state index in [0.29, 0.717) is 16.7 Å². The van der Waals surface area contributed by atoms with Gasteiger partial charge in [-0.1, -0.05) is 13.8 Å². The average Bonchev–Trinajstić information content (AvgIpc) is 3.25. The van der Waals surface area contributed by atoms with Crippen LogP contribution in [0.1, 0.15) is 83.2 Å². The van der Waals surface area contributed by atoms with E-state index in [9.17, 15) is 5.11 Å². The molecule has 0 saturated heterocycles. The Bertz CT molecular complexity index is 710. The summed E-state index contributed by atoms with van der Waals surface area (Å²) in [6.45, 7) is 5.14. The first-order valence-corrected chi connectivity index (χ1v) is 12.2. The predicted molar refractivity (Wildman–Crippen MR) is 112 cm³/mol. The summed E-state index contributed by atoms with van der Waals surface area (Å²) in [7, 11) is 0. The summed E-state index contributed by atoms with van der Waals surface area (Å²) >= 11 is 7.41. The highest BCUT2D eigenvalue weighted by atomic mass is 35.5. The van der Waals surface area contributed by atoms with Gasteiger partial charge in [-0.15, -0.1) is 11.3 Å². The molecule has 5 heteroatoms. The number of fused-ring (bicyclic) bond motifs is 5. The van der Waals surface area contributed by atoms with Gasteiger partial charge in [0.25, 0.3) is 0 Å². The van der Waals surface area contributed by atoms with Crippen molar-refractivity contribution in [1.82, 2.24) is 4.98 Å². The SMILES string of the molecule is C[C@]12CC[C@H](O)CC1CCC1C2CC[C@@]2(C)C1CC[C@@H]2c1csc(NCl)n1. The number of thiazole rings is 1. The van der Waals surface area contributed by atoms with E-state index < -0.39 is 0 Å². The summed E-state index contributed by atoms with van der Waals surface area (Å²) in [5.41, 5.74) is 2.14. The number of hydrogen-bond donors (Lipinski definition) is 2. The second kappa shape index (κ2) is 6.60. The zero-order valence-corrected chi connectivity index (χ0v) is 18.2. The molecule has 27 heavy (non-hydrogen) atoms. The third-order valence-corrected chi connectivity index (χ3v) is 10.7. The lowest BCUT2D eigenvalue weighted by molar-refractivity contribution is -0.123. The second-order valence-electron chi connectivity index (χ2n) is 10.4. The molecule has 0 spiro atoms. The maximum absolute atomic E-state index is 10.2. The Hall–Kier alpha value is -0.320. The molecule has 4 aliphatic rings. The Morgan fingerprint density at radius 3 is 2.63 bits per heavy atom. The van der Waals surface area contributed by atoms with Gasteiger partial charge in [0.1, 0.15) is 0 Å². The lowest BCUT2D eigenvalue weighted by Gasteiger charge is -2.61. The first kappa shape index (κ1) is 18.7. The van der Waals surface area contributed by atoms with Gasteiger partial charge in [-0.2, -0.15) is 0 Å². The highest BCUT2D eigenvalue weighted by Gasteiger charge is 2.60. The van der Waals surface area contributed by atoms with E-state index in [1.165, 1.54) is 50.6 Å². The summed E-state index contributed by atoms with van der Waals surface area (Å²) in [6.07, 6.45) is 11.4. The molecule has 1 heterocycles. The van der Waals surface area contributed by atoms with Gasteiger partial charge in [-0.05, 0) is 92.3 Å². The van der Waals surface area contributed by atoms with Crippen LogP contribution in [0.2, 0.25) is 0 Å². The van der Waals surface area contributed by atoms with Crippen LogP contribution in [0.3, 0.4) is 0 Å². The van der Waals surface area contributed by atoms with Crippen molar-refractivity contribution >= 4 is 28.2 Å². The maximum Gasteiger partial charge on any atom is 0.197 e. The molecule has 0 aliphatic heterocycles. The van der Waals surface area contributed by atoms with Crippen molar-refractivity contribution in [3.05, 3.63) is 11.1 Å². The van der Waals surface area contributed by atoms with Gasteiger partial charge >= 0.3 is 0 Å². The van der Waals surface area contributed by atoms with Crippen LogP contribution in [-0.4, -0.2) is 16.2 Å². The third-order valence-electron chi connectivity index (χ3n) is 9.60. The Labute approximate surface area is 172 Å². The predicted octanol–water partition coefficient (Wildman–Crippen LogP) is 6.20. The fourth-order valence-electron chi connectivity index (χ4n) is 8.21. The fourth-order valence-corrected chi connectivity index (χ4v) is 9.04. The van der Waals surface area contributed by atoms with Crippen molar-refractivity contribution in [3.63, 3.8) is 0 Å². The number of nitrogens with one attached hydrogen (secondary N) is 1. The second-order valence-corrected chi connectivity index (χ2v) is 11.5. The van der Waals surface area contributed by atoms with E-state index in [4.69, 9.17) is 16.8 Å². The maximum atomic E-state index is 10.2. The topological polar surface area (TPSA) is 45.1 Å². The molecule has 4 fully saturated rings. The van der Waals surface area contributed by atoms with Crippen LogP contribution in [0.5, 0.6) is 0 Å². The lowest BCUT2D eigenvalue weighted by atomic mass is 9.44. The van der Waals surface area contributed by atoms with Crippen LogP contribution in [-0.2, 0) is 0 Å². The summed E-state index contributed by atoms with van der Waals surface area (Å²) < 4.78 is 0. The molecule has 0 bridgehead atoms. The Morgan fingerprint density at radius 1 is 1.07 bits per heavy atom. The molecule has 4 saturated carbocycles. The molecular formula is C22H33ClN2OS. The minimum Gasteiger partial charge on any atom is -0.393 e. The molecule has 3 nitrogen and oxygen atoms in total. The molecular weight excluding hydrogens is 376 g/mol. The van der Waals surface area contributed by atoms with Crippen molar-refractivity contribution in [2.24, 2.45) is 34.5 Å². The zero-order valence-electron chi connectivity index (χ0n) is 16.6. The molecule has 0 aromatic carbocycles. The Balaban J connectivity index is 1.41. The number of anilines is 1. The number of rotatable bonds is 2. The molecule has 1 aromatic rings. The normalized spacial score (nSPS) is 49.2. The molecule has 5 rings (SSSR count). The summed E-state index contributed by atoms with van der Waals surface area (Å²) in [5, 5.41) is 13.3. The molecule has 0 radical (unpaired) electrons. The highest BCUT2D eigenvalue weighted by molar-refractivity contribution is 7.14. The Morgan fingerprint density at radius 2 is 1.85 bits per heavy atom. The number of aromatic nitrogens is 1. The minimum atomic E-state index is -0.0428. The van der Waals surface area contributed by atoms with E-state index >= 15 is 0 Å². The molecule has 4 unspecified atom stereocenters. The van der Waals surface area contributed by atoms with Gasteiger partial charge < -0.3 is 5.11 Å². The molecule has 150 valence electrons. The number of hydrogen-bond acceptors (Lipinski definition) is 4. The number of halogens is 1. The third kappa shape index (κ3) is 2.73. The standard InChI is InChI=1S/C22H33ClN2OS/c1-21-9-7-14(26)11-13(21)3-4-15-16-5-6-18(19-12-27-20(24-19)25-23)22(16,2)10-8-17(15)21/h12-18,26H,3-11H2,1-2H3,(H,24,25)/t13?,14-,15?,16?,17?,18+,21-,22-/m0/s1. The Kier molecular flexibility index (Phi) is 4.57. The smallest absolute Gasteiger partial charge is 0.197 e. The van der Waals surface area contributed by atoms with Crippen LogP contribution >= 0.6 is 23.1 Å². The molecule has 0 amide bonds. The van der Waals surface area contributed by atoms with Gasteiger partial charge in [0, 0.05) is 23.1 Å². The first-order valence-electron chi connectivity index (χ1n) is 11.0. The minimum absolute atomic E-state index is 0.0428. The van der Waals surface area contributed by atoms with Gasteiger partial charge in [-0.25, -0.2) is 4.98 Å². The summed E-state index contributed by atoms with van der Waals surface area (Å²) in [6, 6.07) is 0. The number of aliphatic hydroxyl groups is 1. The van der Waals surface area contributed by atoms with E-state index in [-0.39, 0.29) is 6.10 Å². The lowest BCUT2D eigenvalue weighted by Crippen LogP contribution is -2.53. The van der Waals surface area contributed by atoms with Gasteiger partial charge in [0.05, 0.1) is 11.8 Å². The van der Waals surface area contributed by atoms with Crippen LogP contribution < -0.4 is 4.84 Å². The van der Waals surface area contributed by atoms with E-state index in [0.717, 1.165) is 41.6 Å². The van der Waals surface area contributed by atoms with Crippen LogP contribution in [0.4, 0.5) is 5.13 Å². The summed E-state index contributed by atoms with van der Waals surface area (Å²) in [4.78, 5) is 7.49.